The number of hydrogen-bond donors (Lipinski definition) is 1. The van der Waals surface area contributed by atoms with E-state index < -0.39 is 6.04 Å². The number of ether oxygens (including phenoxy) is 1. The number of rotatable bonds is 4. The van der Waals surface area contributed by atoms with Gasteiger partial charge in [0.2, 0.25) is 0 Å². The second-order valence-corrected chi connectivity index (χ2v) is 4.05. The van der Waals surface area contributed by atoms with Crippen LogP contribution in [0.4, 0.5) is 5.82 Å². The first-order valence-electron chi connectivity index (χ1n) is 4.97. The summed E-state index contributed by atoms with van der Waals surface area (Å²) >= 11 is 3.26. The van der Waals surface area contributed by atoms with Crippen LogP contribution in [0.15, 0.2) is 10.7 Å². The topological polar surface area (TPSA) is 64.1 Å². The van der Waals surface area contributed by atoms with Crippen molar-refractivity contribution in [2.24, 2.45) is 0 Å². The van der Waals surface area contributed by atoms with Crippen LogP contribution in [0.3, 0.4) is 0 Å². The molecule has 5 nitrogen and oxygen atoms in total. The molecule has 6 heteroatoms. The average Bonchev–Trinajstić information content (AvgIpc) is 2.16. The Morgan fingerprint density at radius 1 is 1.62 bits per heavy atom. The maximum absolute atomic E-state index is 11.4. The number of esters is 1. The smallest absolute Gasteiger partial charge is 0.328 e. The van der Waals surface area contributed by atoms with Crippen LogP contribution < -0.4 is 5.32 Å². The maximum Gasteiger partial charge on any atom is 0.328 e. The Bertz CT molecular complexity index is 364. The Kier molecular flexibility index (Phi) is 4.67. The van der Waals surface area contributed by atoms with E-state index in [0.717, 1.165) is 0 Å². The molecule has 0 fully saturated rings. The zero-order valence-corrected chi connectivity index (χ0v) is 11.0. The van der Waals surface area contributed by atoms with E-state index in [4.69, 9.17) is 4.74 Å². The van der Waals surface area contributed by atoms with Gasteiger partial charge in [-0.3, -0.25) is 0 Å². The molecule has 1 N–H and O–H groups in total. The monoisotopic (exact) mass is 287 g/mol. The Morgan fingerprint density at radius 2 is 2.31 bits per heavy atom. The van der Waals surface area contributed by atoms with Gasteiger partial charge in [-0.15, -0.1) is 0 Å². The molecule has 0 saturated heterocycles. The van der Waals surface area contributed by atoms with Crippen molar-refractivity contribution >= 4 is 27.7 Å². The minimum atomic E-state index is -0.429. The highest BCUT2D eigenvalue weighted by Crippen LogP contribution is 2.12. The summed E-state index contributed by atoms with van der Waals surface area (Å²) in [5.41, 5.74) is 0. The van der Waals surface area contributed by atoms with Crippen molar-refractivity contribution < 1.29 is 9.53 Å². The van der Waals surface area contributed by atoms with Crippen molar-refractivity contribution in [1.29, 1.82) is 0 Å². The van der Waals surface area contributed by atoms with E-state index in [2.05, 4.69) is 31.2 Å². The SMILES string of the molecule is CCOC(=O)C(C)Nc1cc(Br)nc(C)n1. The van der Waals surface area contributed by atoms with Crippen LogP contribution in [0.2, 0.25) is 0 Å². The van der Waals surface area contributed by atoms with Crippen LogP contribution in [-0.2, 0) is 9.53 Å². The normalized spacial score (nSPS) is 12.0. The summed E-state index contributed by atoms with van der Waals surface area (Å²) < 4.78 is 5.56. The molecule has 0 amide bonds. The predicted octanol–water partition coefficient (Wildman–Crippen LogP) is 1.91. The van der Waals surface area contributed by atoms with Gasteiger partial charge >= 0.3 is 5.97 Å². The van der Waals surface area contributed by atoms with Crippen molar-refractivity contribution in [1.82, 2.24) is 9.97 Å². The maximum atomic E-state index is 11.4. The molecule has 1 unspecified atom stereocenters. The van der Waals surface area contributed by atoms with Gasteiger partial charge in [0.1, 0.15) is 22.3 Å². The van der Waals surface area contributed by atoms with Gasteiger partial charge < -0.3 is 10.1 Å². The van der Waals surface area contributed by atoms with Crippen molar-refractivity contribution in [2.45, 2.75) is 26.8 Å². The molecule has 0 aromatic carbocycles. The van der Waals surface area contributed by atoms with E-state index in [1.54, 1.807) is 26.8 Å². The van der Waals surface area contributed by atoms with Gasteiger partial charge in [0, 0.05) is 6.07 Å². The molecule has 88 valence electrons. The first-order chi connectivity index (χ1) is 7.52. The molecular weight excluding hydrogens is 274 g/mol. The van der Waals surface area contributed by atoms with Gasteiger partial charge in [-0.1, -0.05) is 0 Å². The lowest BCUT2D eigenvalue weighted by Gasteiger charge is -2.13. The van der Waals surface area contributed by atoms with Crippen LogP contribution in [0, 0.1) is 6.92 Å². The summed E-state index contributed by atoms with van der Waals surface area (Å²) in [5.74, 6) is 0.933. The Morgan fingerprint density at radius 3 is 2.88 bits per heavy atom. The summed E-state index contributed by atoms with van der Waals surface area (Å²) in [7, 11) is 0. The third-order valence-corrected chi connectivity index (χ3v) is 2.22. The van der Waals surface area contributed by atoms with Gasteiger partial charge in [-0.05, 0) is 36.7 Å². The van der Waals surface area contributed by atoms with Crippen LogP contribution >= 0.6 is 15.9 Å². The van der Waals surface area contributed by atoms with Crippen LogP contribution in [0.5, 0.6) is 0 Å². The zero-order valence-electron chi connectivity index (χ0n) is 9.45. The molecule has 0 radical (unpaired) electrons. The lowest BCUT2D eigenvalue weighted by atomic mass is 10.3. The number of nitrogens with zero attached hydrogens (tertiary/aromatic N) is 2. The highest BCUT2D eigenvalue weighted by atomic mass is 79.9. The fourth-order valence-electron chi connectivity index (χ4n) is 1.15. The summed E-state index contributed by atoms with van der Waals surface area (Å²) in [6, 6.07) is 1.28. The summed E-state index contributed by atoms with van der Waals surface area (Å²) in [6.45, 7) is 5.65. The van der Waals surface area contributed by atoms with E-state index in [-0.39, 0.29) is 5.97 Å². The molecule has 0 bridgehead atoms. The van der Waals surface area contributed by atoms with Crippen LogP contribution in [0.25, 0.3) is 0 Å². The summed E-state index contributed by atoms with van der Waals surface area (Å²) in [6.07, 6.45) is 0. The number of halogens is 1. The number of hydrogen-bond acceptors (Lipinski definition) is 5. The standard InChI is InChI=1S/C10H14BrN3O2/c1-4-16-10(15)6(2)12-9-5-8(11)13-7(3)14-9/h5-6H,4H2,1-3H3,(H,12,13,14). The second-order valence-electron chi connectivity index (χ2n) is 3.24. The van der Waals surface area contributed by atoms with Gasteiger partial charge in [-0.2, -0.15) is 0 Å². The van der Waals surface area contributed by atoms with Gasteiger partial charge in [0.15, 0.2) is 0 Å². The Hall–Kier alpha value is -1.17. The summed E-state index contributed by atoms with van der Waals surface area (Å²) in [5, 5.41) is 2.95. The van der Waals surface area contributed by atoms with Crippen molar-refractivity contribution in [3.05, 3.63) is 16.5 Å². The number of carbonyl (C=O) groups excluding carboxylic acids is 1. The number of nitrogens with one attached hydrogen (secondary N) is 1. The molecule has 0 aliphatic rings. The third-order valence-electron chi connectivity index (χ3n) is 1.81. The highest BCUT2D eigenvalue weighted by molar-refractivity contribution is 9.10. The minimum absolute atomic E-state index is 0.296. The first-order valence-corrected chi connectivity index (χ1v) is 5.76. The van der Waals surface area contributed by atoms with Crippen LogP contribution in [0.1, 0.15) is 19.7 Å². The van der Waals surface area contributed by atoms with Gasteiger partial charge in [-0.25, -0.2) is 14.8 Å². The molecule has 1 aromatic rings. The van der Waals surface area contributed by atoms with Gasteiger partial charge in [0.05, 0.1) is 6.61 Å². The number of carbonyl (C=O) groups is 1. The van der Waals surface area contributed by atoms with Gasteiger partial charge in [0.25, 0.3) is 0 Å². The Balaban J connectivity index is 2.69. The number of aryl methyl sites for hydroxylation is 1. The molecule has 0 aliphatic heterocycles. The molecule has 1 aromatic heterocycles. The largest absolute Gasteiger partial charge is 0.464 e. The van der Waals surface area contributed by atoms with Crippen molar-refractivity contribution in [3.63, 3.8) is 0 Å². The van der Waals surface area contributed by atoms with E-state index >= 15 is 0 Å². The average molecular weight is 288 g/mol. The van der Waals surface area contributed by atoms with E-state index in [1.807, 2.05) is 0 Å². The molecule has 1 rings (SSSR count). The van der Waals surface area contributed by atoms with Crippen molar-refractivity contribution in [2.75, 3.05) is 11.9 Å². The molecule has 1 atom stereocenters. The molecule has 0 saturated carbocycles. The number of aromatic nitrogens is 2. The van der Waals surface area contributed by atoms with Crippen LogP contribution in [-0.4, -0.2) is 28.6 Å². The highest BCUT2D eigenvalue weighted by Gasteiger charge is 2.14. The molecule has 0 spiro atoms. The third kappa shape index (κ3) is 3.77. The van der Waals surface area contributed by atoms with E-state index in [9.17, 15) is 4.79 Å². The first kappa shape index (κ1) is 12.9. The fraction of sp³-hybridized carbons (Fsp3) is 0.500. The van der Waals surface area contributed by atoms with Crippen molar-refractivity contribution in [3.8, 4) is 0 Å². The number of anilines is 1. The molecular formula is C10H14BrN3O2. The predicted molar refractivity (Wildman–Crippen MR) is 64.2 cm³/mol. The minimum Gasteiger partial charge on any atom is -0.464 e. The fourth-order valence-corrected chi connectivity index (χ4v) is 1.63. The van der Waals surface area contributed by atoms with E-state index in [1.165, 1.54) is 0 Å². The Labute approximate surface area is 103 Å². The molecule has 0 aliphatic carbocycles. The molecule has 1 heterocycles. The molecule has 16 heavy (non-hydrogen) atoms. The van der Waals surface area contributed by atoms with E-state index in [0.29, 0.717) is 22.9 Å². The summed E-state index contributed by atoms with van der Waals surface area (Å²) in [4.78, 5) is 19.6. The zero-order chi connectivity index (χ0) is 12.1. The quantitative estimate of drug-likeness (QED) is 0.677. The second kappa shape index (κ2) is 5.79. The lowest BCUT2D eigenvalue weighted by Crippen LogP contribution is -2.28. The lowest BCUT2D eigenvalue weighted by molar-refractivity contribution is -0.143.